The molecule has 2 rings (SSSR count). The Hall–Kier alpha value is -1.72. The molecule has 2 aromatic heterocycles. The van der Waals surface area contributed by atoms with Crippen molar-refractivity contribution < 1.29 is 9.52 Å². The van der Waals surface area contributed by atoms with Crippen LogP contribution in [-0.4, -0.2) is 28.2 Å². The Morgan fingerprint density at radius 2 is 2.12 bits per heavy atom. The predicted molar refractivity (Wildman–Crippen MR) is 58.5 cm³/mol. The summed E-state index contributed by atoms with van der Waals surface area (Å²) in [7, 11) is 0. The van der Waals surface area contributed by atoms with Crippen LogP contribution >= 0.6 is 0 Å². The van der Waals surface area contributed by atoms with Gasteiger partial charge < -0.3 is 14.8 Å². The molecule has 5 nitrogen and oxygen atoms in total. The van der Waals surface area contributed by atoms with E-state index in [1.54, 1.807) is 18.7 Å². The van der Waals surface area contributed by atoms with Crippen LogP contribution in [0.4, 0.5) is 0 Å². The van der Waals surface area contributed by atoms with Crippen molar-refractivity contribution in [2.75, 3.05) is 13.2 Å². The number of aliphatic hydroxyl groups is 1. The van der Waals surface area contributed by atoms with Gasteiger partial charge in [-0.3, -0.25) is 0 Å². The van der Waals surface area contributed by atoms with Crippen molar-refractivity contribution in [2.24, 2.45) is 0 Å². The minimum absolute atomic E-state index is 0.116. The SMILES string of the molecule is OCCNCc1ncc(-c2ccco2)cn1. The molecule has 2 aromatic rings. The average molecular weight is 219 g/mol. The molecule has 0 spiro atoms. The van der Waals surface area contributed by atoms with Crippen molar-refractivity contribution in [3.05, 3.63) is 36.6 Å². The van der Waals surface area contributed by atoms with E-state index < -0.39 is 0 Å². The summed E-state index contributed by atoms with van der Waals surface area (Å²) in [5, 5.41) is 11.6. The third-order valence-corrected chi connectivity index (χ3v) is 2.08. The van der Waals surface area contributed by atoms with Gasteiger partial charge in [0, 0.05) is 18.9 Å². The molecular formula is C11H13N3O2. The quantitative estimate of drug-likeness (QED) is 0.728. The first-order valence-electron chi connectivity index (χ1n) is 5.06. The summed E-state index contributed by atoms with van der Waals surface area (Å²) < 4.78 is 5.23. The Balaban J connectivity index is 2.00. The zero-order chi connectivity index (χ0) is 11.2. The van der Waals surface area contributed by atoms with Crippen LogP contribution in [0, 0.1) is 0 Å². The van der Waals surface area contributed by atoms with E-state index in [1.165, 1.54) is 0 Å². The molecule has 16 heavy (non-hydrogen) atoms. The molecule has 0 saturated carbocycles. The summed E-state index contributed by atoms with van der Waals surface area (Å²) in [5.74, 6) is 1.46. The van der Waals surface area contributed by atoms with E-state index in [1.807, 2.05) is 12.1 Å². The standard InChI is InChI=1S/C11H13N3O2/c15-4-3-12-8-11-13-6-9(7-14-11)10-2-1-5-16-10/h1-2,5-7,12,15H,3-4,8H2. The number of aromatic nitrogens is 2. The van der Waals surface area contributed by atoms with Crippen LogP contribution in [0.25, 0.3) is 11.3 Å². The Morgan fingerprint density at radius 1 is 1.31 bits per heavy atom. The molecule has 0 radical (unpaired) electrons. The van der Waals surface area contributed by atoms with Gasteiger partial charge in [0.15, 0.2) is 0 Å². The molecule has 0 bridgehead atoms. The van der Waals surface area contributed by atoms with Crippen molar-refractivity contribution in [1.29, 1.82) is 0 Å². The fourth-order valence-corrected chi connectivity index (χ4v) is 1.30. The Bertz CT molecular complexity index is 411. The van der Waals surface area contributed by atoms with Crippen LogP contribution in [-0.2, 0) is 6.54 Å². The maximum absolute atomic E-state index is 8.60. The molecule has 84 valence electrons. The number of nitrogens with zero attached hydrogens (tertiary/aromatic N) is 2. The van der Waals surface area contributed by atoms with Gasteiger partial charge in [0.2, 0.25) is 0 Å². The minimum Gasteiger partial charge on any atom is -0.464 e. The fraction of sp³-hybridized carbons (Fsp3) is 0.273. The molecule has 0 unspecified atom stereocenters. The Morgan fingerprint density at radius 3 is 2.75 bits per heavy atom. The third kappa shape index (κ3) is 2.65. The van der Waals surface area contributed by atoms with Crippen molar-refractivity contribution in [3.8, 4) is 11.3 Å². The fourth-order valence-electron chi connectivity index (χ4n) is 1.30. The highest BCUT2D eigenvalue weighted by atomic mass is 16.3. The molecule has 2 N–H and O–H groups in total. The molecular weight excluding hydrogens is 206 g/mol. The second-order valence-electron chi connectivity index (χ2n) is 3.27. The van der Waals surface area contributed by atoms with Crippen molar-refractivity contribution in [1.82, 2.24) is 15.3 Å². The van der Waals surface area contributed by atoms with Gasteiger partial charge in [-0.25, -0.2) is 9.97 Å². The van der Waals surface area contributed by atoms with Gasteiger partial charge in [0.25, 0.3) is 0 Å². The van der Waals surface area contributed by atoms with Crippen LogP contribution in [0.5, 0.6) is 0 Å². The van der Waals surface area contributed by atoms with Gasteiger partial charge in [-0.1, -0.05) is 0 Å². The largest absolute Gasteiger partial charge is 0.464 e. The Labute approximate surface area is 93.2 Å². The first-order valence-corrected chi connectivity index (χ1v) is 5.06. The van der Waals surface area contributed by atoms with E-state index in [0.717, 1.165) is 11.3 Å². The molecule has 0 saturated heterocycles. The summed E-state index contributed by atoms with van der Waals surface area (Å²) in [6, 6.07) is 3.69. The normalized spacial score (nSPS) is 10.6. The lowest BCUT2D eigenvalue weighted by atomic mass is 10.3. The summed E-state index contributed by atoms with van der Waals surface area (Å²) in [6.45, 7) is 1.22. The van der Waals surface area contributed by atoms with Crippen LogP contribution in [0.1, 0.15) is 5.82 Å². The smallest absolute Gasteiger partial charge is 0.141 e. The zero-order valence-electron chi connectivity index (χ0n) is 8.76. The number of hydrogen-bond donors (Lipinski definition) is 2. The monoisotopic (exact) mass is 219 g/mol. The van der Waals surface area contributed by atoms with E-state index in [4.69, 9.17) is 9.52 Å². The predicted octanol–water partition coefficient (Wildman–Crippen LogP) is 0.818. The van der Waals surface area contributed by atoms with Gasteiger partial charge in [0.1, 0.15) is 11.6 Å². The summed E-state index contributed by atoms with van der Waals surface area (Å²) in [4.78, 5) is 8.38. The minimum atomic E-state index is 0.116. The van der Waals surface area contributed by atoms with E-state index in [0.29, 0.717) is 18.9 Å². The molecule has 2 heterocycles. The molecule has 0 fully saturated rings. The first-order chi connectivity index (χ1) is 7.90. The second kappa shape index (κ2) is 5.39. The third-order valence-electron chi connectivity index (χ3n) is 2.08. The van der Waals surface area contributed by atoms with Crippen LogP contribution in [0.3, 0.4) is 0 Å². The maximum Gasteiger partial charge on any atom is 0.141 e. The summed E-state index contributed by atoms with van der Waals surface area (Å²) >= 11 is 0. The zero-order valence-corrected chi connectivity index (χ0v) is 8.76. The van der Waals surface area contributed by atoms with Gasteiger partial charge in [-0.15, -0.1) is 0 Å². The first kappa shape index (κ1) is 10.8. The molecule has 0 aliphatic rings. The topological polar surface area (TPSA) is 71.2 Å². The molecule has 0 aromatic carbocycles. The van der Waals surface area contributed by atoms with E-state index in [9.17, 15) is 0 Å². The van der Waals surface area contributed by atoms with Crippen LogP contribution in [0.2, 0.25) is 0 Å². The molecule has 5 heteroatoms. The molecule has 0 aliphatic carbocycles. The molecule has 0 aliphatic heterocycles. The van der Waals surface area contributed by atoms with Crippen molar-refractivity contribution in [2.45, 2.75) is 6.54 Å². The van der Waals surface area contributed by atoms with E-state index in [-0.39, 0.29) is 6.61 Å². The highest BCUT2D eigenvalue weighted by molar-refractivity contribution is 5.53. The van der Waals surface area contributed by atoms with Crippen LogP contribution < -0.4 is 5.32 Å². The number of nitrogens with one attached hydrogen (secondary N) is 1. The number of furan rings is 1. The van der Waals surface area contributed by atoms with Gasteiger partial charge >= 0.3 is 0 Å². The number of aliphatic hydroxyl groups excluding tert-OH is 1. The van der Waals surface area contributed by atoms with Crippen LogP contribution in [0.15, 0.2) is 35.2 Å². The van der Waals surface area contributed by atoms with Gasteiger partial charge in [0.05, 0.1) is 25.0 Å². The highest BCUT2D eigenvalue weighted by Crippen LogP contribution is 2.17. The maximum atomic E-state index is 8.60. The Kier molecular flexibility index (Phi) is 3.63. The summed E-state index contributed by atoms with van der Waals surface area (Å²) in [5.41, 5.74) is 0.857. The highest BCUT2D eigenvalue weighted by Gasteiger charge is 2.02. The van der Waals surface area contributed by atoms with E-state index >= 15 is 0 Å². The van der Waals surface area contributed by atoms with Crippen molar-refractivity contribution >= 4 is 0 Å². The molecule has 0 amide bonds. The number of rotatable bonds is 5. The number of hydrogen-bond acceptors (Lipinski definition) is 5. The van der Waals surface area contributed by atoms with Crippen molar-refractivity contribution in [3.63, 3.8) is 0 Å². The lowest BCUT2D eigenvalue weighted by Crippen LogP contribution is -2.18. The van der Waals surface area contributed by atoms with Gasteiger partial charge in [-0.2, -0.15) is 0 Å². The molecule has 0 atom stereocenters. The summed E-state index contributed by atoms with van der Waals surface area (Å²) in [6.07, 6.45) is 5.07. The lowest BCUT2D eigenvalue weighted by Gasteiger charge is -2.01. The average Bonchev–Trinajstić information content (AvgIpc) is 2.84. The van der Waals surface area contributed by atoms with E-state index in [2.05, 4.69) is 15.3 Å². The second-order valence-corrected chi connectivity index (χ2v) is 3.27. The lowest BCUT2D eigenvalue weighted by molar-refractivity contribution is 0.291. The van der Waals surface area contributed by atoms with Gasteiger partial charge in [-0.05, 0) is 12.1 Å².